The average Bonchev–Trinajstić information content (AvgIpc) is 1.61. The predicted octanol–water partition coefficient (Wildman–Crippen LogP) is 1.16. The molecule has 1 atom stereocenters. The van der Waals surface area contributed by atoms with Gasteiger partial charge in [-0.25, -0.2) is 0 Å². The Morgan fingerprint density at radius 1 is 1.86 bits per heavy atom. The normalized spacial score (nSPS) is 15.3. The highest BCUT2D eigenvalue weighted by molar-refractivity contribution is 6.18. The van der Waals surface area contributed by atoms with Gasteiger partial charge >= 0.3 is 0 Å². The second-order valence-corrected chi connectivity index (χ2v) is 1.63. The molecule has 0 aliphatic carbocycles. The zero-order valence-corrected chi connectivity index (χ0v) is 5.02. The Labute approximate surface area is 48.6 Å². The van der Waals surface area contributed by atoms with Crippen LogP contribution in [0.5, 0.6) is 0 Å². The molecule has 0 amide bonds. The summed E-state index contributed by atoms with van der Waals surface area (Å²) in [7, 11) is 0. The van der Waals surface area contributed by atoms with Crippen LogP contribution in [0.2, 0.25) is 0 Å². The molecule has 0 heterocycles. The number of alkyl halides is 1. The molecular weight excluding hydrogens is 112 g/mol. The number of rotatable bonds is 2. The van der Waals surface area contributed by atoms with Crippen LogP contribution in [-0.4, -0.2) is 17.1 Å². The molecule has 0 unspecified atom stereocenters. The molecule has 0 aliphatic rings. The first-order chi connectivity index (χ1) is 3.27. The molecule has 1 N–H and O–H groups in total. The van der Waals surface area contributed by atoms with Gasteiger partial charge in [0, 0.05) is 5.88 Å². The van der Waals surface area contributed by atoms with Crippen LogP contribution in [0.15, 0.2) is 12.2 Å². The molecule has 0 radical (unpaired) electrons. The SMILES string of the molecule is C[C@H](O)/C=C/CCl. The van der Waals surface area contributed by atoms with Gasteiger partial charge in [-0.05, 0) is 6.92 Å². The van der Waals surface area contributed by atoms with E-state index in [0.717, 1.165) is 0 Å². The van der Waals surface area contributed by atoms with E-state index in [1.54, 1.807) is 19.1 Å². The van der Waals surface area contributed by atoms with Gasteiger partial charge in [-0.2, -0.15) is 0 Å². The molecule has 0 aromatic carbocycles. The lowest BCUT2D eigenvalue weighted by atomic mass is 10.4. The van der Waals surface area contributed by atoms with Crippen LogP contribution in [0, 0.1) is 0 Å². The molecule has 0 fully saturated rings. The predicted molar refractivity (Wildman–Crippen MR) is 31.5 cm³/mol. The fourth-order valence-electron chi connectivity index (χ4n) is 0.248. The zero-order valence-electron chi connectivity index (χ0n) is 4.26. The summed E-state index contributed by atoms with van der Waals surface area (Å²) in [6.45, 7) is 1.68. The molecule has 0 saturated heterocycles. The van der Waals surface area contributed by atoms with Crippen molar-refractivity contribution < 1.29 is 5.11 Å². The number of aliphatic hydroxyl groups excluding tert-OH is 1. The first-order valence-corrected chi connectivity index (χ1v) is 2.71. The van der Waals surface area contributed by atoms with Crippen molar-refractivity contribution in [3.8, 4) is 0 Å². The molecule has 0 saturated carbocycles. The van der Waals surface area contributed by atoms with E-state index in [0.29, 0.717) is 5.88 Å². The van der Waals surface area contributed by atoms with E-state index < -0.39 is 0 Å². The van der Waals surface area contributed by atoms with E-state index in [4.69, 9.17) is 16.7 Å². The molecule has 2 heteroatoms. The second-order valence-electron chi connectivity index (χ2n) is 1.32. The molecule has 0 aromatic rings. The van der Waals surface area contributed by atoms with Gasteiger partial charge in [0.2, 0.25) is 0 Å². The van der Waals surface area contributed by atoms with Crippen LogP contribution in [0.1, 0.15) is 6.92 Å². The molecule has 42 valence electrons. The van der Waals surface area contributed by atoms with Crippen LogP contribution < -0.4 is 0 Å². The van der Waals surface area contributed by atoms with Crippen molar-refractivity contribution in [3.05, 3.63) is 12.2 Å². The molecule has 7 heavy (non-hydrogen) atoms. The van der Waals surface area contributed by atoms with Crippen molar-refractivity contribution in [3.63, 3.8) is 0 Å². The summed E-state index contributed by atoms with van der Waals surface area (Å²) in [5.41, 5.74) is 0. The maximum absolute atomic E-state index is 8.54. The van der Waals surface area contributed by atoms with E-state index >= 15 is 0 Å². The second kappa shape index (κ2) is 4.16. The largest absolute Gasteiger partial charge is 0.389 e. The minimum absolute atomic E-state index is 0.362. The first kappa shape index (κ1) is 6.99. The third kappa shape index (κ3) is 5.99. The van der Waals surface area contributed by atoms with Crippen LogP contribution in [0.25, 0.3) is 0 Å². The summed E-state index contributed by atoms with van der Waals surface area (Å²) in [6.07, 6.45) is 3.00. The monoisotopic (exact) mass is 120 g/mol. The summed E-state index contributed by atoms with van der Waals surface area (Å²) in [5.74, 6) is 0.477. The fraction of sp³-hybridized carbons (Fsp3) is 0.600. The third-order valence-electron chi connectivity index (χ3n) is 0.504. The van der Waals surface area contributed by atoms with Crippen molar-refractivity contribution >= 4 is 11.6 Å². The molecule has 0 bridgehead atoms. The maximum Gasteiger partial charge on any atom is 0.0693 e. The lowest BCUT2D eigenvalue weighted by Crippen LogP contribution is -1.91. The Balaban J connectivity index is 3.08. The molecule has 0 aliphatic heterocycles. The van der Waals surface area contributed by atoms with E-state index in [1.165, 1.54) is 0 Å². The topological polar surface area (TPSA) is 20.2 Å². The Morgan fingerprint density at radius 3 is 2.57 bits per heavy atom. The highest BCUT2D eigenvalue weighted by Crippen LogP contribution is 1.83. The maximum atomic E-state index is 8.54. The van der Waals surface area contributed by atoms with Crippen LogP contribution in [0.3, 0.4) is 0 Å². The van der Waals surface area contributed by atoms with Crippen LogP contribution in [0.4, 0.5) is 0 Å². The Hall–Kier alpha value is -0.0100. The number of aliphatic hydroxyl groups is 1. The molecular formula is C5H9ClO. The number of halogens is 1. The van der Waals surface area contributed by atoms with Gasteiger partial charge < -0.3 is 5.11 Å². The van der Waals surface area contributed by atoms with Crippen molar-refractivity contribution in [2.24, 2.45) is 0 Å². The van der Waals surface area contributed by atoms with Gasteiger partial charge in [-0.3, -0.25) is 0 Å². The molecule has 0 aromatic heterocycles. The van der Waals surface area contributed by atoms with Crippen molar-refractivity contribution in [1.29, 1.82) is 0 Å². The summed E-state index contributed by atoms with van der Waals surface area (Å²) in [4.78, 5) is 0. The quantitative estimate of drug-likeness (QED) is 0.428. The Morgan fingerprint density at radius 2 is 2.43 bits per heavy atom. The first-order valence-electron chi connectivity index (χ1n) is 2.18. The summed E-state index contributed by atoms with van der Waals surface area (Å²) >= 11 is 5.25. The smallest absolute Gasteiger partial charge is 0.0693 e. The summed E-state index contributed by atoms with van der Waals surface area (Å²) < 4.78 is 0. The Bertz CT molecular complexity index is 59.1. The van der Waals surface area contributed by atoms with E-state index in [1.807, 2.05) is 0 Å². The van der Waals surface area contributed by atoms with Gasteiger partial charge in [-0.15, -0.1) is 11.6 Å². The van der Waals surface area contributed by atoms with E-state index in [2.05, 4.69) is 0 Å². The summed E-state index contributed by atoms with van der Waals surface area (Å²) in [5, 5.41) is 8.54. The number of hydrogen-bond acceptors (Lipinski definition) is 1. The summed E-state index contributed by atoms with van der Waals surface area (Å²) in [6, 6.07) is 0. The minimum atomic E-state index is -0.362. The highest BCUT2D eigenvalue weighted by Gasteiger charge is 1.80. The van der Waals surface area contributed by atoms with Crippen LogP contribution in [-0.2, 0) is 0 Å². The standard InChI is InChI=1S/C5H9ClO/c1-5(7)3-2-4-6/h2-3,5,7H,4H2,1H3/b3-2+/t5-/m0/s1. The molecule has 0 rings (SSSR count). The van der Waals surface area contributed by atoms with Gasteiger partial charge in [0.15, 0.2) is 0 Å². The molecule has 0 spiro atoms. The van der Waals surface area contributed by atoms with Gasteiger partial charge in [-0.1, -0.05) is 12.2 Å². The van der Waals surface area contributed by atoms with Gasteiger partial charge in [0.1, 0.15) is 0 Å². The number of hydrogen-bond donors (Lipinski definition) is 1. The van der Waals surface area contributed by atoms with Crippen LogP contribution >= 0.6 is 11.6 Å². The lowest BCUT2D eigenvalue weighted by molar-refractivity contribution is 0.244. The lowest BCUT2D eigenvalue weighted by Gasteiger charge is -1.88. The van der Waals surface area contributed by atoms with Crippen molar-refractivity contribution in [2.75, 3.05) is 5.88 Å². The molecule has 1 nitrogen and oxygen atoms in total. The highest BCUT2D eigenvalue weighted by atomic mass is 35.5. The minimum Gasteiger partial charge on any atom is -0.389 e. The third-order valence-corrected chi connectivity index (χ3v) is 0.682. The van der Waals surface area contributed by atoms with Gasteiger partial charge in [0.05, 0.1) is 6.10 Å². The van der Waals surface area contributed by atoms with Crippen molar-refractivity contribution in [1.82, 2.24) is 0 Å². The van der Waals surface area contributed by atoms with E-state index in [-0.39, 0.29) is 6.10 Å². The average molecular weight is 121 g/mol. The van der Waals surface area contributed by atoms with E-state index in [9.17, 15) is 0 Å². The van der Waals surface area contributed by atoms with Gasteiger partial charge in [0.25, 0.3) is 0 Å². The Kier molecular flexibility index (Phi) is 4.15. The zero-order chi connectivity index (χ0) is 5.70. The number of allylic oxidation sites excluding steroid dienone is 1. The van der Waals surface area contributed by atoms with Crippen molar-refractivity contribution in [2.45, 2.75) is 13.0 Å². The fourth-order valence-corrected chi connectivity index (χ4v) is 0.351.